The quantitative estimate of drug-likeness (QED) is 0.409. The summed E-state index contributed by atoms with van der Waals surface area (Å²) in [7, 11) is 1.87. The molecule has 4 nitrogen and oxygen atoms in total. The summed E-state index contributed by atoms with van der Waals surface area (Å²) in [6.45, 7) is 4.13. The Balaban J connectivity index is 0.00000169. The minimum absolute atomic E-state index is 0. The van der Waals surface area contributed by atoms with Gasteiger partial charge >= 0.3 is 0 Å². The molecule has 0 amide bonds. The molecule has 0 bridgehead atoms. The lowest BCUT2D eigenvalue weighted by molar-refractivity contribution is -0.171. The average molecular weight is 461 g/mol. The van der Waals surface area contributed by atoms with Gasteiger partial charge < -0.3 is 15.4 Å². The van der Waals surface area contributed by atoms with Crippen molar-refractivity contribution in [2.24, 2.45) is 16.3 Å². The summed E-state index contributed by atoms with van der Waals surface area (Å²) in [5.74, 6) is 2.15. The predicted molar refractivity (Wildman–Crippen MR) is 111 cm³/mol. The van der Waals surface area contributed by atoms with Gasteiger partial charge in [0.1, 0.15) is 0 Å². The van der Waals surface area contributed by atoms with Gasteiger partial charge in [-0.3, -0.25) is 4.99 Å². The van der Waals surface area contributed by atoms with Crippen molar-refractivity contribution >= 4 is 41.3 Å². The van der Waals surface area contributed by atoms with Crippen LogP contribution in [0.1, 0.15) is 43.4 Å². The lowest BCUT2D eigenvalue weighted by Gasteiger charge is -2.63. The molecule has 0 aromatic carbocycles. The molecular formula is C18H28IN3OS. The number of fused-ring (bicyclic) bond motifs is 2. The van der Waals surface area contributed by atoms with E-state index in [0.29, 0.717) is 29.4 Å². The molecular weight excluding hydrogens is 433 g/mol. The van der Waals surface area contributed by atoms with Crippen molar-refractivity contribution in [3.8, 4) is 0 Å². The zero-order chi connectivity index (χ0) is 15.9. The minimum Gasteiger partial charge on any atom is -0.377 e. The molecule has 2 saturated carbocycles. The summed E-state index contributed by atoms with van der Waals surface area (Å²) in [4.78, 5) is 5.89. The van der Waals surface area contributed by atoms with Gasteiger partial charge in [-0.25, -0.2) is 0 Å². The Hall–Kier alpha value is -0.340. The third-order valence-corrected chi connectivity index (χ3v) is 7.26. The Labute approximate surface area is 165 Å². The molecule has 1 saturated heterocycles. The Bertz CT molecular complexity index is 573. The van der Waals surface area contributed by atoms with Gasteiger partial charge in [0.2, 0.25) is 0 Å². The summed E-state index contributed by atoms with van der Waals surface area (Å²) in [5, 5.41) is 9.40. The number of halogens is 1. The maximum Gasteiger partial charge on any atom is 0.191 e. The molecule has 1 spiro atoms. The number of guanidine groups is 1. The molecule has 6 heteroatoms. The van der Waals surface area contributed by atoms with Gasteiger partial charge in [-0.1, -0.05) is 19.4 Å². The number of nitrogens with one attached hydrogen (secondary N) is 2. The van der Waals surface area contributed by atoms with Crippen molar-refractivity contribution in [2.75, 3.05) is 20.2 Å². The molecule has 1 aromatic rings. The van der Waals surface area contributed by atoms with Crippen LogP contribution in [0.15, 0.2) is 22.5 Å². The van der Waals surface area contributed by atoms with Gasteiger partial charge in [0.05, 0.1) is 6.10 Å². The number of hydrogen-bond donors (Lipinski definition) is 2. The zero-order valence-corrected chi connectivity index (χ0v) is 17.6. The van der Waals surface area contributed by atoms with E-state index >= 15 is 0 Å². The van der Waals surface area contributed by atoms with Crippen LogP contribution in [0.3, 0.4) is 0 Å². The first kappa shape index (κ1) is 18.5. The Kier molecular flexibility index (Phi) is 5.76. The van der Waals surface area contributed by atoms with E-state index < -0.39 is 0 Å². The van der Waals surface area contributed by atoms with Gasteiger partial charge in [0, 0.05) is 48.4 Å². The van der Waals surface area contributed by atoms with Crippen LogP contribution < -0.4 is 10.6 Å². The number of rotatable bonds is 4. The van der Waals surface area contributed by atoms with E-state index in [4.69, 9.17) is 4.74 Å². The molecule has 3 aliphatic rings. The van der Waals surface area contributed by atoms with Gasteiger partial charge in [0.25, 0.3) is 0 Å². The van der Waals surface area contributed by atoms with Crippen molar-refractivity contribution in [1.29, 1.82) is 0 Å². The van der Waals surface area contributed by atoms with Crippen molar-refractivity contribution in [1.82, 2.24) is 10.6 Å². The first-order valence-corrected chi connectivity index (χ1v) is 9.75. The summed E-state index contributed by atoms with van der Waals surface area (Å²) < 4.78 is 6.00. The van der Waals surface area contributed by atoms with E-state index in [-0.39, 0.29) is 24.0 Å². The van der Waals surface area contributed by atoms with Crippen LogP contribution in [-0.4, -0.2) is 38.3 Å². The Morgan fingerprint density at radius 3 is 2.96 bits per heavy atom. The highest BCUT2D eigenvalue weighted by molar-refractivity contribution is 14.0. The topological polar surface area (TPSA) is 45.7 Å². The number of nitrogens with zero attached hydrogens (tertiary/aromatic N) is 1. The molecule has 0 radical (unpaired) electrons. The highest BCUT2D eigenvalue weighted by Gasteiger charge is 2.66. The number of aliphatic imine (C=N–C) groups is 1. The summed E-state index contributed by atoms with van der Waals surface area (Å²) in [5.41, 5.74) is 0.401. The van der Waals surface area contributed by atoms with Crippen molar-refractivity contribution in [2.45, 2.75) is 50.7 Å². The number of hydrogen-bond acceptors (Lipinski definition) is 3. The maximum absolute atomic E-state index is 6.00. The third-order valence-electron chi connectivity index (χ3n) is 6.16. The van der Waals surface area contributed by atoms with E-state index in [0.717, 1.165) is 19.1 Å². The SMILES string of the molecule is CN=C(NCC(C)c1cccs1)NC1C2CCOC2C12CCC2.I. The second-order valence-electron chi connectivity index (χ2n) is 7.32. The van der Waals surface area contributed by atoms with Crippen LogP contribution in [0.4, 0.5) is 0 Å². The average Bonchev–Trinajstić information content (AvgIpc) is 3.16. The summed E-state index contributed by atoms with van der Waals surface area (Å²) in [6, 6.07) is 4.88. The fourth-order valence-electron chi connectivity index (χ4n) is 4.72. The van der Waals surface area contributed by atoms with Crippen LogP contribution in [0, 0.1) is 11.3 Å². The first-order chi connectivity index (χ1) is 11.2. The van der Waals surface area contributed by atoms with Gasteiger partial charge in [-0.15, -0.1) is 35.3 Å². The van der Waals surface area contributed by atoms with Crippen LogP contribution in [0.25, 0.3) is 0 Å². The van der Waals surface area contributed by atoms with Gasteiger partial charge in [0.15, 0.2) is 5.96 Å². The zero-order valence-electron chi connectivity index (χ0n) is 14.5. The minimum atomic E-state index is 0. The molecule has 24 heavy (non-hydrogen) atoms. The normalized spacial score (nSPS) is 31.4. The van der Waals surface area contributed by atoms with Crippen molar-refractivity contribution in [3.05, 3.63) is 22.4 Å². The fourth-order valence-corrected chi connectivity index (χ4v) is 5.51. The van der Waals surface area contributed by atoms with Gasteiger partial charge in [-0.2, -0.15) is 0 Å². The summed E-state index contributed by atoms with van der Waals surface area (Å²) >= 11 is 1.83. The molecule has 2 aliphatic carbocycles. The van der Waals surface area contributed by atoms with Crippen LogP contribution in [0.2, 0.25) is 0 Å². The van der Waals surface area contributed by atoms with E-state index in [1.807, 2.05) is 18.4 Å². The summed E-state index contributed by atoms with van der Waals surface area (Å²) in [6.07, 6.45) is 5.69. The molecule has 3 fully saturated rings. The van der Waals surface area contributed by atoms with E-state index in [9.17, 15) is 0 Å². The van der Waals surface area contributed by atoms with Gasteiger partial charge in [-0.05, 0) is 30.7 Å². The second-order valence-corrected chi connectivity index (χ2v) is 8.30. The standard InChI is InChI=1S/C18H27N3OS.HI/c1-12(14-5-3-10-23-14)11-20-17(19-2)21-15-13-6-9-22-16(13)18(15)7-4-8-18;/h3,5,10,12-13,15-16H,4,6-9,11H2,1-2H3,(H2,19,20,21);1H. The van der Waals surface area contributed by atoms with Crippen LogP contribution in [0.5, 0.6) is 0 Å². The molecule has 4 unspecified atom stereocenters. The monoisotopic (exact) mass is 461 g/mol. The molecule has 4 rings (SSSR count). The third kappa shape index (κ3) is 2.98. The molecule has 2 N–H and O–H groups in total. The van der Waals surface area contributed by atoms with E-state index in [2.05, 4.69) is 40.1 Å². The molecule has 4 atom stereocenters. The maximum atomic E-state index is 6.00. The molecule has 1 aliphatic heterocycles. The highest BCUT2D eigenvalue weighted by Crippen LogP contribution is 2.62. The van der Waals surface area contributed by atoms with E-state index in [1.54, 1.807) is 0 Å². The van der Waals surface area contributed by atoms with Crippen LogP contribution >= 0.6 is 35.3 Å². The Morgan fingerprint density at radius 2 is 2.33 bits per heavy atom. The fraction of sp³-hybridized carbons (Fsp3) is 0.722. The lowest BCUT2D eigenvalue weighted by Crippen LogP contribution is -2.72. The lowest BCUT2D eigenvalue weighted by atomic mass is 9.46. The van der Waals surface area contributed by atoms with E-state index in [1.165, 1.54) is 30.6 Å². The van der Waals surface area contributed by atoms with Crippen molar-refractivity contribution < 1.29 is 4.74 Å². The number of thiophene rings is 1. The predicted octanol–water partition coefficient (Wildman–Crippen LogP) is 3.59. The largest absolute Gasteiger partial charge is 0.377 e. The molecule has 1 aromatic heterocycles. The Morgan fingerprint density at radius 1 is 1.50 bits per heavy atom. The molecule has 2 heterocycles. The second kappa shape index (κ2) is 7.50. The smallest absolute Gasteiger partial charge is 0.191 e. The number of ether oxygens (including phenoxy) is 1. The first-order valence-electron chi connectivity index (χ1n) is 8.87. The highest BCUT2D eigenvalue weighted by atomic mass is 127. The van der Waals surface area contributed by atoms with Crippen molar-refractivity contribution in [3.63, 3.8) is 0 Å². The van der Waals surface area contributed by atoms with Crippen LogP contribution in [-0.2, 0) is 4.74 Å². The molecule has 134 valence electrons.